The largest absolute Gasteiger partial charge is 0.464 e. The Hall–Kier alpha value is -2.59. The van der Waals surface area contributed by atoms with Gasteiger partial charge in [-0.3, -0.25) is 0 Å². The van der Waals surface area contributed by atoms with E-state index in [4.69, 9.17) is 15.1 Å². The highest BCUT2D eigenvalue weighted by Crippen LogP contribution is 2.29. The van der Waals surface area contributed by atoms with Crippen LogP contribution in [0.2, 0.25) is 0 Å². The van der Waals surface area contributed by atoms with Gasteiger partial charge in [0.05, 0.1) is 6.26 Å². The smallest absolute Gasteiger partial charge is 0.138 e. The molecule has 122 valence electrons. The molecule has 4 nitrogen and oxygen atoms in total. The second-order valence-corrected chi connectivity index (χ2v) is 6.31. The lowest BCUT2D eigenvalue weighted by atomic mass is 10.1. The molecule has 0 aliphatic carbocycles. The van der Waals surface area contributed by atoms with Crippen LogP contribution in [0.3, 0.4) is 0 Å². The number of hydrogen-bond acceptors (Lipinski definition) is 3. The molecule has 24 heavy (non-hydrogen) atoms. The van der Waals surface area contributed by atoms with Crippen LogP contribution >= 0.6 is 0 Å². The lowest BCUT2D eigenvalue weighted by Gasteiger charge is -2.09. The summed E-state index contributed by atoms with van der Waals surface area (Å²) in [6.45, 7) is 2.16. The number of nitrogens with zero attached hydrogens (tertiary/aromatic N) is 1. The minimum absolute atomic E-state index is 0.176. The Morgan fingerprint density at radius 3 is 2.88 bits per heavy atom. The number of fused-ring (bicyclic) bond motifs is 3. The quantitative estimate of drug-likeness (QED) is 0.563. The highest BCUT2D eigenvalue weighted by Gasteiger charge is 2.10. The lowest BCUT2D eigenvalue weighted by molar-refractivity contribution is 0.582. The molecule has 1 atom stereocenters. The van der Waals surface area contributed by atoms with Crippen LogP contribution < -0.4 is 5.73 Å². The molecule has 0 amide bonds. The van der Waals surface area contributed by atoms with Crippen molar-refractivity contribution < 1.29 is 4.42 Å². The van der Waals surface area contributed by atoms with Crippen molar-refractivity contribution in [2.75, 3.05) is 0 Å². The summed E-state index contributed by atoms with van der Waals surface area (Å²) in [6.07, 6.45) is 4.64. The summed E-state index contributed by atoms with van der Waals surface area (Å²) in [5.74, 6) is 0.876. The zero-order valence-electron chi connectivity index (χ0n) is 13.8. The number of benzene rings is 1. The van der Waals surface area contributed by atoms with Gasteiger partial charge in [0.25, 0.3) is 0 Å². The van der Waals surface area contributed by atoms with Gasteiger partial charge in [-0.2, -0.15) is 0 Å². The Balaban J connectivity index is 1.75. The molecule has 0 saturated carbocycles. The molecular formula is C20H21N3O. The predicted molar refractivity (Wildman–Crippen MR) is 97.9 cm³/mol. The topological polar surface area (TPSA) is 67.8 Å². The highest BCUT2D eigenvalue weighted by molar-refractivity contribution is 6.07. The summed E-state index contributed by atoms with van der Waals surface area (Å²) < 4.78 is 5.50. The van der Waals surface area contributed by atoms with Crippen molar-refractivity contribution in [3.05, 3.63) is 54.4 Å². The second kappa shape index (κ2) is 6.13. The molecule has 1 unspecified atom stereocenters. The van der Waals surface area contributed by atoms with Crippen LogP contribution in [0.4, 0.5) is 0 Å². The average molecular weight is 319 g/mol. The molecule has 3 N–H and O–H groups in total. The summed E-state index contributed by atoms with van der Waals surface area (Å²) in [5, 5.41) is 2.29. The van der Waals surface area contributed by atoms with Gasteiger partial charge in [-0.1, -0.05) is 13.3 Å². The SMILES string of the molecule is CCCC(N)Cc1ccc2c(n1)[nH]c1ccc(-c3ccco3)cc12. The third-order valence-electron chi connectivity index (χ3n) is 4.45. The number of furan rings is 1. The normalized spacial score (nSPS) is 12.9. The van der Waals surface area contributed by atoms with E-state index in [1.807, 2.05) is 12.1 Å². The molecule has 0 saturated heterocycles. The van der Waals surface area contributed by atoms with Crippen LogP contribution in [0, 0.1) is 0 Å². The molecule has 4 rings (SSSR count). The van der Waals surface area contributed by atoms with E-state index in [-0.39, 0.29) is 6.04 Å². The van der Waals surface area contributed by atoms with Crippen LogP contribution in [-0.4, -0.2) is 16.0 Å². The number of aromatic nitrogens is 2. The molecule has 1 aromatic carbocycles. The van der Waals surface area contributed by atoms with E-state index in [0.717, 1.165) is 58.2 Å². The minimum Gasteiger partial charge on any atom is -0.464 e. The van der Waals surface area contributed by atoms with Gasteiger partial charge in [-0.15, -0.1) is 0 Å². The van der Waals surface area contributed by atoms with Gasteiger partial charge < -0.3 is 15.1 Å². The molecule has 0 radical (unpaired) electrons. The van der Waals surface area contributed by atoms with Crippen LogP contribution in [-0.2, 0) is 6.42 Å². The summed E-state index contributed by atoms with van der Waals surface area (Å²) in [7, 11) is 0. The van der Waals surface area contributed by atoms with E-state index in [1.54, 1.807) is 6.26 Å². The number of H-pyrrole nitrogens is 1. The van der Waals surface area contributed by atoms with E-state index in [2.05, 4.69) is 42.2 Å². The molecule has 0 bridgehead atoms. The van der Waals surface area contributed by atoms with Crippen molar-refractivity contribution in [2.45, 2.75) is 32.2 Å². The van der Waals surface area contributed by atoms with Crippen molar-refractivity contribution in [3.63, 3.8) is 0 Å². The Morgan fingerprint density at radius 2 is 2.08 bits per heavy atom. The van der Waals surface area contributed by atoms with E-state index in [1.165, 1.54) is 0 Å². The van der Waals surface area contributed by atoms with Crippen molar-refractivity contribution in [1.29, 1.82) is 0 Å². The van der Waals surface area contributed by atoms with Crippen molar-refractivity contribution in [2.24, 2.45) is 5.73 Å². The van der Waals surface area contributed by atoms with Crippen molar-refractivity contribution in [1.82, 2.24) is 9.97 Å². The monoisotopic (exact) mass is 319 g/mol. The van der Waals surface area contributed by atoms with E-state index >= 15 is 0 Å². The first-order valence-corrected chi connectivity index (χ1v) is 8.45. The predicted octanol–water partition coefficient (Wildman–Crippen LogP) is 4.65. The Labute approximate surface area is 140 Å². The zero-order chi connectivity index (χ0) is 16.5. The fourth-order valence-electron chi connectivity index (χ4n) is 3.27. The fraction of sp³-hybridized carbons (Fsp3) is 0.250. The molecule has 3 heterocycles. The van der Waals surface area contributed by atoms with Crippen LogP contribution in [0.1, 0.15) is 25.5 Å². The first-order chi connectivity index (χ1) is 11.7. The molecule has 0 fully saturated rings. The zero-order valence-corrected chi connectivity index (χ0v) is 13.8. The molecule has 4 aromatic rings. The summed E-state index contributed by atoms with van der Waals surface area (Å²) in [5.41, 5.74) is 10.3. The van der Waals surface area contributed by atoms with Crippen LogP contribution in [0.25, 0.3) is 33.3 Å². The van der Waals surface area contributed by atoms with Crippen molar-refractivity contribution >= 4 is 21.9 Å². The van der Waals surface area contributed by atoms with Gasteiger partial charge in [-0.25, -0.2) is 4.98 Å². The third kappa shape index (κ3) is 2.69. The van der Waals surface area contributed by atoms with Gasteiger partial charge in [-0.05, 0) is 48.9 Å². The number of aromatic amines is 1. The lowest BCUT2D eigenvalue weighted by Crippen LogP contribution is -2.22. The maximum atomic E-state index is 6.15. The highest BCUT2D eigenvalue weighted by atomic mass is 16.3. The molecule has 0 aliphatic heterocycles. The Morgan fingerprint density at radius 1 is 1.17 bits per heavy atom. The van der Waals surface area contributed by atoms with E-state index in [0.29, 0.717) is 0 Å². The van der Waals surface area contributed by atoms with Gasteiger partial charge in [0.1, 0.15) is 11.4 Å². The van der Waals surface area contributed by atoms with Gasteiger partial charge in [0.2, 0.25) is 0 Å². The number of hydrogen-bond donors (Lipinski definition) is 2. The average Bonchev–Trinajstić information content (AvgIpc) is 3.21. The van der Waals surface area contributed by atoms with E-state index in [9.17, 15) is 0 Å². The summed E-state index contributed by atoms with van der Waals surface area (Å²) >= 11 is 0. The maximum absolute atomic E-state index is 6.15. The molecular weight excluding hydrogens is 298 g/mol. The van der Waals surface area contributed by atoms with Crippen LogP contribution in [0.15, 0.2) is 53.1 Å². The Kier molecular flexibility index (Phi) is 3.82. The first-order valence-electron chi connectivity index (χ1n) is 8.45. The summed E-state index contributed by atoms with van der Waals surface area (Å²) in [4.78, 5) is 8.18. The van der Waals surface area contributed by atoms with Gasteiger partial charge in [0.15, 0.2) is 0 Å². The maximum Gasteiger partial charge on any atom is 0.138 e. The number of rotatable bonds is 5. The number of pyridine rings is 1. The summed E-state index contributed by atoms with van der Waals surface area (Å²) in [6, 6.07) is 14.6. The standard InChI is InChI=1S/C20H21N3O/c1-2-4-14(21)12-15-7-8-16-17-11-13(19-5-3-10-24-19)6-9-18(17)23-20(16)22-15/h3,5-11,14H,2,4,12,21H2,1H3,(H,22,23). The van der Waals surface area contributed by atoms with Gasteiger partial charge >= 0.3 is 0 Å². The number of nitrogens with one attached hydrogen (secondary N) is 1. The molecule has 4 heteroatoms. The van der Waals surface area contributed by atoms with E-state index < -0.39 is 0 Å². The Bertz CT molecular complexity index is 969. The first kappa shape index (κ1) is 15.0. The number of nitrogens with two attached hydrogens (primary N) is 1. The molecule has 0 spiro atoms. The minimum atomic E-state index is 0.176. The molecule has 3 aromatic heterocycles. The van der Waals surface area contributed by atoms with Gasteiger partial charge in [0, 0.05) is 40.0 Å². The van der Waals surface area contributed by atoms with Crippen LogP contribution in [0.5, 0.6) is 0 Å². The third-order valence-corrected chi connectivity index (χ3v) is 4.45. The second-order valence-electron chi connectivity index (χ2n) is 6.31. The molecule has 0 aliphatic rings. The fourth-order valence-corrected chi connectivity index (χ4v) is 3.27. The van der Waals surface area contributed by atoms with Crippen molar-refractivity contribution in [3.8, 4) is 11.3 Å².